The van der Waals surface area contributed by atoms with E-state index < -0.39 is 0 Å². The molecule has 0 bridgehead atoms. The first-order chi connectivity index (χ1) is 8.75. The molecule has 0 heterocycles. The number of ether oxygens (including phenoxy) is 1. The number of nitrogens with zero attached hydrogens (tertiary/aromatic N) is 1. The second-order valence-corrected chi connectivity index (χ2v) is 5.30. The summed E-state index contributed by atoms with van der Waals surface area (Å²) in [7, 11) is 2.18. The van der Waals surface area contributed by atoms with Crippen LogP contribution in [0.2, 0.25) is 0 Å². The summed E-state index contributed by atoms with van der Waals surface area (Å²) in [6, 6.07) is 7.67. The van der Waals surface area contributed by atoms with Gasteiger partial charge in [-0.15, -0.1) is 0 Å². The third kappa shape index (κ3) is 3.91. The first-order valence-corrected chi connectivity index (χ1v) is 6.91. The van der Waals surface area contributed by atoms with Gasteiger partial charge < -0.3 is 15.4 Å². The Morgan fingerprint density at radius 3 is 2.72 bits per heavy atom. The summed E-state index contributed by atoms with van der Waals surface area (Å²) in [6.07, 6.45) is 5.62. The molecule has 0 aliphatic heterocycles. The van der Waals surface area contributed by atoms with Crippen molar-refractivity contribution in [2.75, 3.05) is 32.5 Å². The average Bonchev–Trinajstić information content (AvgIpc) is 2.84. The number of rotatable bonds is 6. The van der Waals surface area contributed by atoms with Crippen LogP contribution >= 0.6 is 0 Å². The molecule has 1 aromatic carbocycles. The number of para-hydroxylation sites is 2. The van der Waals surface area contributed by atoms with E-state index in [0.29, 0.717) is 6.61 Å². The minimum atomic E-state index is 0.706. The van der Waals surface area contributed by atoms with E-state index >= 15 is 0 Å². The number of hydrogen-bond donors (Lipinski definition) is 1. The Labute approximate surface area is 110 Å². The summed E-state index contributed by atoms with van der Waals surface area (Å²) in [6.45, 7) is 2.87. The van der Waals surface area contributed by atoms with Crippen LogP contribution in [0.4, 0.5) is 5.69 Å². The van der Waals surface area contributed by atoms with Crippen LogP contribution in [-0.4, -0.2) is 31.6 Å². The molecule has 0 spiro atoms. The second kappa shape index (κ2) is 6.64. The number of nitrogen functional groups attached to an aromatic ring is 1. The number of likely N-dealkylation sites (N-methyl/N-ethyl adjacent to an activating group) is 1. The first kappa shape index (κ1) is 13.2. The Balaban J connectivity index is 1.67. The highest BCUT2D eigenvalue weighted by Crippen LogP contribution is 2.25. The van der Waals surface area contributed by atoms with Gasteiger partial charge in [-0.05, 0) is 37.9 Å². The van der Waals surface area contributed by atoms with E-state index in [1.165, 1.54) is 32.2 Å². The molecule has 3 nitrogen and oxygen atoms in total. The predicted octanol–water partition coefficient (Wildman–Crippen LogP) is 2.77. The summed E-state index contributed by atoms with van der Waals surface area (Å²) in [5.41, 5.74) is 6.55. The highest BCUT2D eigenvalue weighted by atomic mass is 16.5. The van der Waals surface area contributed by atoms with Crippen LogP contribution in [0.3, 0.4) is 0 Å². The fourth-order valence-corrected chi connectivity index (χ4v) is 2.65. The summed E-state index contributed by atoms with van der Waals surface area (Å²) in [5.74, 6) is 1.70. The van der Waals surface area contributed by atoms with Gasteiger partial charge in [-0.1, -0.05) is 25.0 Å². The molecule has 1 fully saturated rings. The Kier molecular flexibility index (Phi) is 4.88. The SMILES string of the molecule is CN(CCOc1ccccc1N)CC1CCCC1. The van der Waals surface area contributed by atoms with Crippen molar-refractivity contribution in [1.82, 2.24) is 4.90 Å². The van der Waals surface area contributed by atoms with Gasteiger partial charge in [0.25, 0.3) is 0 Å². The van der Waals surface area contributed by atoms with Crippen LogP contribution in [0, 0.1) is 5.92 Å². The zero-order chi connectivity index (χ0) is 12.8. The van der Waals surface area contributed by atoms with Gasteiger partial charge in [-0.25, -0.2) is 0 Å². The lowest BCUT2D eigenvalue weighted by Gasteiger charge is -2.20. The Bertz CT molecular complexity index is 361. The molecule has 0 aromatic heterocycles. The summed E-state index contributed by atoms with van der Waals surface area (Å²) >= 11 is 0. The zero-order valence-corrected chi connectivity index (χ0v) is 11.3. The van der Waals surface area contributed by atoms with Gasteiger partial charge in [0, 0.05) is 13.1 Å². The number of hydrogen-bond acceptors (Lipinski definition) is 3. The molecular formula is C15H24N2O. The molecular weight excluding hydrogens is 224 g/mol. The molecule has 1 aliphatic carbocycles. The molecule has 0 saturated heterocycles. The average molecular weight is 248 g/mol. The van der Waals surface area contributed by atoms with Crippen molar-refractivity contribution in [2.45, 2.75) is 25.7 Å². The van der Waals surface area contributed by atoms with E-state index in [2.05, 4.69) is 11.9 Å². The summed E-state index contributed by atoms with van der Waals surface area (Å²) in [5, 5.41) is 0. The fourth-order valence-electron chi connectivity index (χ4n) is 2.65. The highest BCUT2D eigenvalue weighted by Gasteiger charge is 2.16. The first-order valence-electron chi connectivity index (χ1n) is 6.91. The second-order valence-electron chi connectivity index (χ2n) is 5.30. The van der Waals surface area contributed by atoms with Gasteiger partial charge in [0.15, 0.2) is 0 Å². The molecule has 0 atom stereocenters. The quantitative estimate of drug-likeness (QED) is 0.787. The molecule has 1 saturated carbocycles. The van der Waals surface area contributed by atoms with Gasteiger partial charge in [0.05, 0.1) is 5.69 Å². The Morgan fingerprint density at radius 1 is 1.28 bits per heavy atom. The number of anilines is 1. The Hall–Kier alpha value is -1.22. The molecule has 3 heteroatoms. The van der Waals surface area contributed by atoms with Crippen LogP contribution in [0.5, 0.6) is 5.75 Å². The van der Waals surface area contributed by atoms with Gasteiger partial charge in [0.1, 0.15) is 12.4 Å². The predicted molar refractivity (Wildman–Crippen MR) is 75.8 cm³/mol. The third-order valence-electron chi connectivity index (χ3n) is 3.69. The van der Waals surface area contributed by atoms with Crippen LogP contribution in [0.25, 0.3) is 0 Å². The van der Waals surface area contributed by atoms with Crippen LogP contribution in [0.15, 0.2) is 24.3 Å². The maximum Gasteiger partial charge on any atom is 0.142 e. The van der Waals surface area contributed by atoms with Crippen molar-refractivity contribution < 1.29 is 4.74 Å². The molecule has 100 valence electrons. The maximum absolute atomic E-state index is 5.83. The lowest BCUT2D eigenvalue weighted by Crippen LogP contribution is -2.28. The zero-order valence-electron chi connectivity index (χ0n) is 11.3. The summed E-state index contributed by atoms with van der Waals surface area (Å²) in [4.78, 5) is 2.37. The molecule has 2 N–H and O–H groups in total. The number of benzene rings is 1. The van der Waals surface area contributed by atoms with Crippen molar-refractivity contribution >= 4 is 5.69 Å². The van der Waals surface area contributed by atoms with E-state index in [4.69, 9.17) is 10.5 Å². The molecule has 1 aliphatic rings. The lowest BCUT2D eigenvalue weighted by atomic mass is 10.1. The Morgan fingerprint density at radius 2 is 2.00 bits per heavy atom. The summed E-state index contributed by atoms with van der Waals surface area (Å²) < 4.78 is 5.71. The number of nitrogens with two attached hydrogens (primary N) is 1. The molecule has 18 heavy (non-hydrogen) atoms. The van der Waals surface area contributed by atoms with E-state index in [0.717, 1.165) is 23.9 Å². The molecule has 1 aromatic rings. The van der Waals surface area contributed by atoms with Crippen LogP contribution < -0.4 is 10.5 Å². The van der Waals surface area contributed by atoms with E-state index in [9.17, 15) is 0 Å². The van der Waals surface area contributed by atoms with Gasteiger partial charge in [-0.2, -0.15) is 0 Å². The van der Waals surface area contributed by atoms with Crippen molar-refractivity contribution in [3.05, 3.63) is 24.3 Å². The molecule has 0 unspecified atom stereocenters. The topological polar surface area (TPSA) is 38.5 Å². The van der Waals surface area contributed by atoms with E-state index in [-0.39, 0.29) is 0 Å². The van der Waals surface area contributed by atoms with Gasteiger partial charge >= 0.3 is 0 Å². The van der Waals surface area contributed by atoms with Crippen molar-refractivity contribution in [3.8, 4) is 5.75 Å². The fraction of sp³-hybridized carbons (Fsp3) is 0.600. The lowest BCUT2D eigenvalue weighted by molar-refractivity contribution is 0.216. The van der Waals surface area contributed by atoms with E-state index in [1.54, 1.807) is 0 Å². The normalized spacial score (nSPS) is 16.3. The minimum Gasteiger partial charge on any atom is -0.490 e. The molecule has 2 rings (SSSR count). The maximum atomic E-state index is 5.83. The van der Waals surface area contributed by atoms with Crippen molar-refractivity contribution in [3.63, 3.8) is 0 Å². The highest BCUT2D eigenvalue weighted by molar-refractivity contribution is 5.51. The third-order valence-corrected chi connectivity index (χ3v) is 3.69. The van der Waals surface area contributed by atoms with Gasteiger partial charge in [0.2, 0.25) is 0 Å². The van der Waals surface area contributed by atoms with Crippen LogP contribution in [-0.2, 0) is 0 Å². The standard InChI is InChI=1S/C15H24N2O/c1-17(12-13-6-2-3-7-13)10-11-18-15-9-5-4-8-14(15)16/h4-5,8-9,13H,2-3,6-7,10-12,16H2,1H3. The van der Waals surface area contributed by atoms with Crippen molar-refractivity contribution in [1.29, 1.82) is 0 Å². The molecule has 0 amide bonds. The van der Waals surface area contributed by atoms with Crippen molar-refractivity contribution in [2.24, 2.45) is 5.92 Å². The van der Waals surface area contributed by atoms with Gasteiger partial charge in [-0.3, -0.25) is 0 Å². The minimum absolute atomic E-state index is 0.706. The smallest absolute Gasteiger partial charge is 0.142 e. The van der Waals surface area contributed by atoms with Crippen LogP contribution in [0.1, 0.15) is 25.7 Å². The molecule has 0 radical (unpaired) electrons. The largest absolute Gasteiger partial charge is 0.490 e. The van der Waals surface area contributed by atoms with E-state index in [1.807, 2.05) is 24.3 Å². The monoisotopic (exact) mass is 248 g/mol.